The lowest BCUT2D eigenvalue weighted by Gasteiger charge is -2.37. The number of ether oxygens (including phenoxy) is 1. The van der Waals surface area contributed by atoms with Gasteiger partial charge in [-0.25, -0.2) is 0 Å². The van der Waals surface area contributed by atoms with E-state index in [1.807, 2.05) is 4.90 Å². The average molecular weight is 241 g/mol. The molecule has 0 aromatic heterocycles. The quantitative estimate of drug-likeness (QED) is 0.710. The molecule has 0 radical (unpaired) electrons. The van der Waals surface area contributed by atoms with Crippen LogP contribution in [0.15, 0.2) is 0 Å². The highest BCUT2D eigenvalue weighted by atomic mass is 16.5. The van der Waals surface area contributed by atoms with Crippen molar-refractivity contribution in [3.05, 3.63) is 0 Å². The molecule has 2 heterocycles. The molecule has 0 aromatic rings. The molecule has 5 heteroatoms. The van der Waals surface area contributed by atoms with Crippen molar-refractivity contribution in [3.8, 4) is 0 Å². The molecule has 1 amide bonds. The van der Waals surface area contributed by atoms with E-state index in [1.165, 1.54) is 0 Å². The van der Waals surface area contributed by atoms with E-state index < -0.39 is 0 Å². The largest absolute Gasteiger partial charge is 0.366 e. The normalized spacial score (nSPS) is 27.5. The monoisotopic (exact) mass is 241 g/mol. The van der Waals surface area contributed by atoms with Gasteiger partial charge in [-0.2, -0.15) is 0 Å². The molecular formula is C12H23N3O2. The highest BCUT2D eigenvalue weighted by molar-refractivity contribution is 5.81. The van der Waals surface area contributed by atoms with Gasteiger partial charge in [0, 0.05) is 45.3 Å². The molecule has 2 aliphatic rings. The van der Waals surface area contributed by atoms with Crippen LogP contribution < -0.4 is 5.32 Å². The minimum Gasteiger partial charge on any atom is -0.366 e. The van der Waals surface area contributed by atoms with Crippen molar-refractivity contribution in [1.82, 2.24) is 15.1 Å². The van der Waals surface area contributed by atoms with Crippen LogP contribution in [0.1, 0.15) is 13.8 Å². The summed E-state index contributed by atoms with van der Waals surface area (Å²) in [7, 11) is 0. The Labute approximate surface area is 103 Å². The van der Waals surface area contributed by atoms with Crippen LogP contribution in [0.5, 0.6) is 0 Å². The van der Waals surface area contributed by atoms with Gasteiger partial charge in [-0.1, -0.05) is 0 Å². The van der Waals surface area contributed by atoms with E-state index in [2.05, 4.69) is 24.1 Å². The van der Waals surface area contributed by atoms with Crippen LogP contribution >= 0.6 is 0 Å². The minimum absolute atomic E-state index is 0.164. The van der Waals surface area contributed by atoms with Crippen LogP contribution in [0.2, 0.25) is 0 Å². The molecule has 2 rings (SSSR count). The number of hydrogen-bond acceptors (Lipinski definition) is 4. The Morgan fingerprint density at radius 2 is 2.00 bits per heavy atom. The predicted octanol–water partition coefficient (Wildman–Crippen LogP) is -0.473. The number of hydrogen-bond donors (Lipinski definition) is 1. The van der Waals surface area contributed by atoms with Gasteiger partial charge in [0.1, 0.15) is 6.10 Å². The number of rotatable bonds is 2. The van der Waals surface area contributed by atoms with Crippen LogP contribution in [0.4, 0.5) is 0 Å². The topological polar surface area (TPSA) is 44.8 Å². The molecule has 0 saturated carbocycles. The van der Waals surface area contributed by atoms with Crippen LogP contribution in [0.25, 0.3) is 0 Å². The van der Waals surface area contributed by atoms with Gasteiger partial charge in [-0.15, -0.1) is 0 Å². The Morgan fingerprint density at radius 1 is 1.29 bits per heavy atom. The molecule has 1 atom stereocenters. The highest BCUT2D eigenvalue weighted by Crippen LogP contribution is 2.11. The molecule has 1 unspecified atom stereocenters. The molecule has 17 heavy (non-hydrogen) atoms. The molecule has 1 N–H and O–H groups in total. The Bertz CT molecular complexity index is 264. The molecule has 2 saturated heterocycles. The zero-order valence-electron chi connectivity index (χ0n) is 10.8. The lowest BCUT2D eigenvalue weighted by Crippen LogP contribution is -2.55. The van der Waals surface area contributed by atoms with E-state index in [0.29, 0.717) is 12.6 Å². The fourth-order valence-electron chi connectivity index (χ4n) is 2.38. The summed E-state index contributed by atoms with van der Waals surface area (Å²) >= 11 is 0. The Morgan fingerprint density at radius 3 is 2.65 bits per heavy atom. The lowest BCUT2D eigenvalue weighted by molar-refractivity contribution is -0.150. The Balaban J connectivity index is 1.89. The summed E-state index contributed by atoms with van der Waals surface area (Å²) in [4.78, 5) is 16.5. The van der Waals surface area contributed by atoms with Gasteiger partial charge in [-0.05, 0) is 13.8 Å². The summed E-state index contributed by atoms with van der Waals surface area (Å²) in [6.45, 7) is 10.1. The van der Waals surface area contributed by atoms with Crippen molar-refractivity contribution < 1.29 is 9.53 Å². The summed E-state index contributed by atoms with van der Waals surface area (Å²) in [5.74, 6) is 0.164. The Hall–Kier alpha value is -0.650. The lowest BCUT2D eigenvalue weighted by atomic mass is 10.2. The second-order valence-corrected chi connectivity index (χ2v) is 5.02. The highest BCUT2D eigenvalue weighted by Gasteiger charge is 2.31. The zero-order chi connectivity index (χ0) is 12.3. The SMILES string of the molecule is CC(C)N1CCOC(C(=O)N2CCNCC2)C1. The van der Waals surface area contributed by atoms with E-state index >= 15 is 0 Å². The third kappa shape index (κ3) is 3.18. The number of carbonyl (C=O) groups is 1. The third-order valence-electron chi connectivity index (χ3n) is 3.53. The average Bonchev–Trinajstić information content (AvgIpc) is 2.39. The maximum Gasteiger partial charge on any atom is 0.253 e. The second-order valence-electron chi connectivity index (χ2n) is 5.02. The summed E-state index contributed by atoms with van der Waals surface area (Å²) in [6, 6.07) is 0.484. The number of morpholine rings is 1. The van der Waals surface area contributed by atoms with E-state index in [0.717, 1.165) is 39.3 Å². The van der Waals surface area contributed by atoms with Crippen LogP contribution in [0.3, 0.4) is 0 Å². The molecule has 0 spiro atoms. The van der Waals surface area contributed by atoms with Gasteiger partial charge in [0.25, 0.3) is 5.91 Å². The first-order valence-corrected chi connectivity index (χ1v) is 6.53. The maximum absolute atomic E-state index is 12.3. The van der Waals surface area contributed by atoms with Crippen LogP contribution in [-0.2, 0) is 9.53 Å². The first-order chi connectivity index (χ1) is 8.18. The summed E-state index contributed by atoms with van der Waals surface area (Å²) in [5.41, 5.74) is 0. The molecule has 2 aliphatic heterocycles. The zero-order valence-corrected chi connectivity index (χ0v) is 10.8. The first kappa shape index (κ1) is 12.8. The molecule has 5 nitrogen and oxygen atoms in total. The predicted molar refractivity (Wildman–Crippen MR) is 65.9 cm³/mol. The van der Waals surface area contributed by atoms with Crippen molar-refractivity contribution in [2.75, 3.05) is 45.9 Å². The molecule has 0 aromatic carbocycles. The standard InChI is InChI=1S/C12H23N3O2/c1-10(2)15-7-8-17-11(9-15)12(16)14-5-3-13-4-6-14/h10-11,13H,3-9H2,1-2H3. The molecule has 0 aliphatic carbocycles. The fraction of sp³-hybridized carbons (Fsp3) is 0.917. The van der Waals surface area contributed by atoms with Gasteiger partial charge in [0.15, 0.2) is 0 Å². The number of nitrogens with one attached hydrogen (secondary N) is 1. The molecule has 0 bridgehead atoms. The first-order valence-electron chi connectivity index (χ1n) is 6.53. The number of piperazine rings is 1. The minimum atomic E-state index is -0.260. The van der Waals surface area contributed by atoms with E-state index in [1.54, 1.807) is 0 Å². The summed E-state index contributed by atoms with van der Waals surface area (Å²) in [6.07, 6.45) is -0.260. The number of carbonyl (C=O) groups excluding carboxylic acids is 1. The van der Waals surface area contributed by atoms with Crippen molar-refractivity contribution in [2.24, 2.45) is 0 Å². The van der Waals surface area contributed by atoms with Crippen LogP contribution in [-0.4, -0.2) is 73.7 Å². The van der Waals surface area contributed by atoms with Crippen molar-refractivity contribution in [1.29, 1.82) is 0 Å². The van der Waals surface area contributed by atoms with E-state index in [-0.39, 0.29) is 12.0 Å². The Kier molecular flexibility index (Phi) is 4.36. The van der Waals surface area contributed by atoms with Crippen molar-refractivity contribution in [2.45, 2.75) is 26.0 Å². The van der Waals surface area contributed by atoms with Crippen LogP contribution in [0, 0.1) is 0 Å². The van der Waals surface area contributed by atoms with Crippen molar-refractivity contribution in [3.63, 3.8) is 0 Å². The number of amides is 1. The maximum atomic E-state index is 12.3. The molecule has 98 valence electrons. The van der Waals surface area contributed by atoms with Gasteiger partial charge < -0.3 is 15.0 Å². The van der Waals surface area contributed by atoms with Crippen molar-refractivity contribution >= 4 is 5.91 Å². The van der Waals surface area contributed by atoms with E-state index in [9.17, 15) is 4.79 Å². The molecular weight excluding hydrogens is 218 g/mol. The number of nitrogens with zero attached hydrogens (tertiary/aromatic N) is 2. The second kappa shape index (κ2) is 5.80. The fourth-order valence-corrected chi connectivity index (χ4v) is 2.38. The molecule has 2 fully saturated rings. The van der Waals surface area contributed by atoms with Gasteiger partial charge in [-0.3, -0.25) is 9.69 Å². The van der Waals surface area contributed by atoms with Gasteiger partial charge in [0.05, 0.1) is 6.61 Å². The van der Waals surface area contributed by atoms with Gasteiger partial charge >= 0.3 is 0 Å². The smallest absolute Gasteiger partial charge is 0.253 e. The van der Waals surface area contributed by atoms with Gasteiger partial charge in [0.2, 0.25) is 0 Å². The third-order valence-corrected chi connectivity index (χ3v) is 3.53. The summed E-state index contributed by atoms with van der Waals surface area (Å²) < 4.78 is 5.62. The summed E-state index contributed by atoms with van der Waals surface area (Å²) in [5, 5.41) is 3.25. The van der Waals surface area contributed by atoms with E-state index in [4.69, 9.17) is 4.74 Å².